The highest BCUT2D eigenvalue weighted by atomic mass is 35.5. The fourth-order valence-electron chi connectivity index (χ4n) is 3.17. The van der Waals surface area contributed by atoms with E-state index in [9.17, 15) is 14.9 Å². The molecule has 1 fully saturated rings. The fourth-order valence-corrected chi connectivity index (χ4v) is 3.45. The van der Waals surface area contributed by atoms with E-state index in [0.717, 1.165) is 5.56 Å². The lowest BCUT2D eigenvalue weighted by molar-refractivity contribution is -0.528. The third kappa shape index (κ3) is 3.41. The lowest BCUT2D eigenvalue weighted by Gasteiger charge is -2.34. The molecule has 0 saturated carbocycles. The fraction of sp³-hybridized carbons (Fsp3) is 0.278. The van der Waals surface area contributed by atoms with Crippen LogP contribution in [-0.2, 0) is 11.3 Å². The molecule has 2 aromatic rings. The minimum absolute atomic E-state index is 0.0816. The van der Waals surface area contributed by atoms with Crippen molar-refractivity contribution in [3.8, 4) is 0 Å². The molecular formula is C18H17ClN2O3. The van der Waals surface area contributed by atoms with Gasteiger partial charge in [-0.3, -0.25) is 14.9 Å². The van der Waals surface area contributed by atoms with Crippen LogP contribution in [-0.4, -0.2) is 28.3 Å². The molecule has 2 atom stereocenters. The van der Waals surface area contributed by atoms with Crippen LogP contribution in [0.1, 0.15) is 23.5 Å². The van der Waals surface area contributed by atoms with Crippen molar-refractivity contribution in [3.63, 3.8) is 0 Å². The summed E-state index contributed by atoms with van der Waals surface area (Å²) in [5.41, 5.74) is 1.64. The number of nitrogens with zero attached hydrogens (tertiary/aromatic N) is 2. The minimum atomic E-state index is -0.855. The molecule has 1 aliphatic rings. The Labute approximate surface area is 145 Å². The van der Waals surface area contributed by atoms with E-state index in [-0.39, 0.29) is 23.8 Å². The smallest absolute Gasteiger partial charge is 0.237 e. The van der Waals surface area contributed by atoms with E-state index < -0.39 is 12.0 Å². The van der Waals surface area contributed by atoms with E-state index in [1.807, 2.05) is 30.3 Å². The monoisotopic (exact) mass is 344 g/mol. The second-order valence-corrected chi connectivity index (χ2v) is 6.35. The Hall–Kier alpha value is -2.40. The van der Waals surface area contributed by atoms with E-state index in [1.165, 1.54) is 0 Å². The number of likely N-dealkylation sites (tertiary alicyclic amines) is 1. The highest BCUT2D eigenvalue weighted by Crippen LogP contribution is 2.35. The number of hydrogen-bond donors (Lipinski definition) is 0. The molecule has 24 heavy (non-hydrogen) atoms. The zero-order valence-corrected chi connectivity index (χ0v) is 13.7. The molecule has 1 aliphatic heterocycles. The van der Waals surface area contributed by atoms with Crippen LogP contribution in [0.15, 0.2) is 54.6 Å². The predicted molar refractivity (Wildman–Crippen MR) is 91.5 cm³/mol. The van der Waals surface area contributed by atoms with Gasteiger partial charge in [-0.15, -0.1) is 0 Å². The van der Waals surface area contributed by atoms with Crippen LogP contribution < -0.4 is 0 Å². The van der Waals surface area contributed by atoms with E-state index >= 15 is 0 Å². The van der Waals surface area contributed by atoms with E-state index in [2.05, 4.69) is 0 Å². The molecular weight excluding hydrogens is 328 g/mol. The highest BCUT2D eigenvalue weighted by Gasteiger charge is 2.42. The Morgan fingerprint density at radius 3 is 2.46 bits per heavy atom. The lowest BCUT2D eigenvalue weighted by atomic mass is 9.85. The van der Waals surface area contributed by atoms with Gasteiger partial charge in [0.2, 0.25) is 11.9 Å². The average Bonchev–Trinajstić information content (AvgIpc) is 2.57. The Balaban J connectivity index is 1.84. The molecule has 0 N–H and O–H groups in total. The molecule has 0 spiro atoms. The Morgan fingerprint density at radius 1 is 1.12 bits per heavy atom. The van der Waals surface area contributed by atoms with Crippen LogP contribution in [0, 0.1) is 10.1 Å². The predicted octanol–water partition coefficient (Wildman–Crippen LogP) is 3.50. The SMILES string of the molecule is O=C1C[C@H](c2ccccc2Cl)[C@@H]([N+](=O)[O-])CN1Cc1ccccc1. The van der Waals surface area contributed by atoms with Crippen LogP contribution in [0.4, 0.5) is 0 Å². The van der Waals surface area contributed by atoms with Gasteiger partial charge in [0, 0.05) is 22.9 Å². The van der Waals surface area contributed by atoms with Crippen LogP contribution in [0.5, 0.6) is 0 Å². The second-order valence-electron chi connectivity index (χ2n) is 5.94. The Bertz CT molecular complexity index is 751. The molecule has 1 amide bonds. The number of hydrogen-bond acceptors (Lipinski definition) is 3. The molecule has 0 aliphatic carbocycles. The van der Waals surface area contributed by atoms with Crippen LogP contribution in [0.3, 0.4) is 0 Å². The molecule has 0 unspecified atom stereocenters. The first-order valence-corrected chi connectivity index (χ1v) is 8.13. The molecule has 6 heteroatoms. The van der Waals surface area contributed by atoms with Crippen molar-refractivity contribution in [2.45, 2.75) is 24.9 Å². The van der Waals surface area contributed by atoms with Gasteiger partial charge in [-0.25, -0.2) is 0 Å². The summed E-state index contributed by atoms with van der Waals surface area (Å²) >= 11 is 6.19. The molecule has 1 heterocycles. The van der Waals surface area contributed by atoms with Gasteiger partial charge in [-0.2, -0.15) is 0 Å². The number of amides is 1. The number of carbonyl (C=O) groups excluding carboxylic acids is 1. The zero-order valence-electron chi connectivity index (χ0n) is 13.0. The number of piperidine rings is 1. The first-order chi connectivity index (χ1) is 11.6. The molecule has 0 aromatic heterocycles. The van der Waals surface area contributed by atoms with E-state index in [1.54, 1.807) is 29.2 Å². The summed E-state index contributed by atoms with van der Waals surface area (Å²) in [6.45, 7) is 0.482. The quantitative estimate of drug-likeness (QED) is 0.630. The average molecular weight is 345 g/mol. The summed E-state index contributed by atoms with van der Waals surface area (Å²) in [4.78, 5) is 25.4. The molecule has 3 rings (SSSR count). The maximum absolute atomic E-state index is 12.5. The number of halogens is 1. The summed E-state index contributed by atoms with van der Waals surface area (Å²) in [6, 6.07) is 15.7. The molecule has 5 nitrogen and oxygen atoms in total. The van der Waals surface area contributed by atoms with Crippen molar-refractivity contribution in [2.24, 2.45) is 0 Å². The van der Waals surface area contributed by atoms with Gasteiger partial charge < -0.3 is 4.90 Å². The summed E-state index contributed by atoms with van der Waals surface area (Å²) in [6.07, 6.45) is 0.0994. The second kappa shape index (κ2) is 7.01. The van der Waals surface area contributed by atoms with Gasteiger partial charge in [0.15, 0.2) is 0 Å². The van der Waals surface area contributed by atoms with Gasteiger partial charge in [0.1, 0.15) is 0 Å². The summed E-state index contributed by atoms with van der Waals surface area (Å²) in [7, 11) is 0. The zero-order chi connectivity index (χ0) is 17.1. The molecule has 124 valence electrons. The van der Waals surface area contributed by atoms with Gasteiger partial charge in [0.05, 0.1) is 12.5 Å². The van der Waals surface area contributed by atoms with Gasteiger partial charge in [-0.05, 0) is 17.2 Å². The van der Waals surface area contributed by atoms with E-state index in [4.69, 9.17) is 11.6 Å². The number of carbonyl (C=O) groups is 1. The lowest BCUT2D eigenvalue weighted by Crippen LogP contribution is -2.49. The maximum atomic E-state index is 12.5. The summed E-state index contributed by atoms with van der Waals surface area (Å²) < 4.78 is 0. The summed E-state index contributed by atoms with van der Waals surface area (Å²) in [5, 5.41) is 12.0. The molecule has 0 radical (unpaired) electrons. The molecule has 0 bridgehead atoms. The maximum Gasteiger partial charge on any atom is 0.237 e. The Kier molecular flexibility index (Phi) is 4.81. The number of rotatable bonds is 4. The Morgan fingerprint density at radius 2 is 1.79 bits per heavy atom. The van der Waals surface area contributed by atoms with Crippen molar-refractivity contribution in [1.29, 1.82) is 0 Å². The van der Waals surface area contributed by atoms with E-state index in [0.29, 0.717) is 17.1 Å². The number of benzene rings is 2. The largest absolute Gasteiger partial charge is 0.331 e. The third-order valence-corrected chi connectivity index (χ3v) is 4.76. The van der Waals surface area contributed by atoms with Crippen molar-refractivity contribution in [3.05, 3.63) is 80.9 Å². The topological polar surface area (TPSA) is 63.4 Å². The summed E-state index contributed by atoms with van der Waals surface area (Å²) in [5.74, 6) is -0.574. The first-order valence-electron chi connectivity index (χ1n) is 7.76. The first kappa shape index (κ1) is 16.5. The van der Waals surface area contributed by atoms with Crippen molar-refractivity contribution >= 4 is 17.5 Å². The number of nitro groups is 1. The van der Waals surface area contributed by atoms with Crippen LogP contribution in [0.2, 0.25) is 5.02 Å². The standard InChI is InChI=1S/C18H17ClN2O3/c19-16-9-5-4-8-14(16)15-10-18(22)20(12-17(15)21(23)24)11-13-6-2-1-3-7-13/h1-9,15,17H,10-12H2/t15-,17+/m1/s1. The minimum Gasteiger partial charge on any atom is -0.331 e. The van der Waals surface area contributed by atoms with Crippen molar-refractivity contribution in [2.75, 3.05) is 6.54 Å². The van der Waals surface area contributed by atoms with Gasteiger partial charge >= 0.3 is 0 Å². The van der Waals surface area contributed by atoms with Crippen molar-refractivity contribution < 1.29 is 9.72 Å². The van der Waals surface area contributed by atoms with Gasteiger partial charge in [-0.1, -0.05) is 60.1 Å². The van der Waals surface area contributed by atoms with Crippen LogP contribution in [0.25, 0.3) is 0 Å². The van der Waals surface area contributed by atoms with Crippen LogP contribution >= 0.6 is 11.6 Å². The normalized spacial score (nSPS) is 20.9. The molecule has 2 aromatic carbocycles. The molecule has 1 saturated heterocycles. The van der Waals surface area contributed by atoms with Gasteiger partial charge in [0.25, 0.3) is 0 Å². The third-order valence-electron chi connectivity index (χ3n) is 4.41. The van der Waals surface area contributed by atoms with Crippen molar-refractivity contribution in [1.82, 2.24) is 4.90 Å². The highest BCUT2D eigenvalue weighted by molar-refractivity contribution is 6.31.